The molecule has 0 unspecified atom stereocenters. The summed E-state index contributed by atoms with van der Waals surface area (Å²) in [5, 5.41) is 3.90. The van der Waals surface area contributed by atoms with E-state index in [0.29, 0.717) is 12.3 Å². The van der Waals surface area contributed by atoms with Gasteiger partial charge in [-0.25, -0.2) is 4.39 Å². The second-order valence-corrected chi connectivity index (χ2v) is 8.40. The Labute approximate surface area is 196 Å². The van der Waals surface area contributed by atoms with Crippen molar-refractivity contribution in [3.05, 3.63) is 71.7 Å². The van der Waals surface area contributed by atoms with Crippen molar-refractivity contribution in [2.75, 3.05) is 50.7 Å². The van der Waals surface area contributed by atoms with E-state index in [2.05, 4.69) is 19.9 Å². The second-order valence-electron chi connectivity index (χ2n) is 8.40. The van der Waals surface area contributed by atoms with Crippen molar-refractivity contribution >= 4 is 5.69 Å². The van der Waals surface area contributed by atoms with Crippen LogP contribution in [0.4, 0.5) is 23.2 Å². The van der Waals surface area contributed by atoms with Gasteiger partial charge in [0.2, 0.25) is 0 Å². The molecule has 4 rings (SSSR count). The maximum absolute atomic E-state index is 13.3. The third-order valence-electron chi connectivity index (χ3n) is 6.19. The fourth-order valence-corrected chi connectivity index (χ4v) is 4.20. The minimum Gasteiger partial charge on any atom is -0.369 e. The fourth-order valence-electron chi connectivity index (χ4n) is 4.20. The van der Waals surface area contributed by atoms with Gasteiger partial charge < -0.3 is 9.42 Å². The van der Waals surface area contributed by atoms with E-state index in [1.165, 1.54) is 24.3 Å². The Morgan fingerprint density at radius 2 is 1.71 bits per heavy atom. The number of piperazine rings is 1. The van der Waals surface area contributed by atoms with Crippen LogP contribution in [-0.2, 0) is 12.7 Å². The Bertz CT molecular complexity index is 1060. The van der Waals surface area contributed by atoms with Crippen molar-refractivity contribution in [1.82, 2.24) is 15.0 Å². The van der Waals surface area contributed by atoms with Gasteiger partial charge in [-0.15, -0.1) is 0 Å². The highest BCUT2D eigenvalue weighted by atomic mass is 19.4. The van der Waals surface area contributed by atoms with Crippen LogP contribution in [0.2, 0.25) is 0 Å². The Morgan fingerprint density at radius 1 is 1.00 bits per heavy atom. The maximum atomic E-state index is 13.3. The van der Waals surface area contributed by atoms with Crippen LogP contribution < -0.4 is 4.90 Å². The second kappa shape index (κ2) is 10.6. The van der Waals surface area contributed by atoms with Crippen LogP contribution in [0.3, 0.4) is 0 Å². The molecule has 5 nitrogen and oxygen atoms in total. The molecular weight excluding hydrogens is 448 g/mol. The molecule has 0 N–H and O–H groups in total. The van der Waals surface area contributed by atoms with Gasteiger partial charge in [0.25, 0.3) is 0 Å². The molecule has 0 radical (unpaired) electrons. The van der Waals surface area contributed by atoms with Gasteiger partial charge in [-0.2, -0.15) is 13.2 Å². The summed E-state index contributed by atoms with van der Waals surface area (Å²) in [5.74, 6) is 0.306. The van der Waals surface area contributed by atoms with Gasteiger partial charge in [-0.1, -0.05) is 30.3 Å². The minimum atomic E-state index is -4.45. The molecule has 0 atom stereocenters. The van der Waals surface area contributed by atoms with E-state index < -0.39 is 11.7 Å². The number of benzene rings is 2. The summed E-state index contributed by atoms with van der Waals surface area (Å²) < 4.78 is 58.5. The summed E-state index contributed by atoms with van der Waals surface area (Å²) >= 11 is 0. The Hall–Kier alpha value is -2.91. The van der Waals surface area contributed by atoms with Crippen molar-refractivity contribution in [2.24, 2.45) is 0 Å². The number of anilines is 1. The highest BCUT2D eigenvalue weighted by molar-refractivity contribution is 5.64. The monoisotopic (exact) mass is 476 g/mol. The van der Waals surface area contributed by atoms with Crippen molar-refractivity contribution in [3.63, 3.8) is 0 Å². The lowest BCUT2D eigenvalue weighted by Crippen LogP contribution is -2.48. The quantitative estimate of drug-likeness (QED) is 0.421. The lowest BCUT2D eigenvalue weighted by molar-refractivity contribution is -0.137. The summed E-state index contributed by atoms with van der Waals surface area (Å²) in [5.41, 5.74) is 0.523. The first kappa shape index (κ1) is 24.2. The van der Waals surface area contributed by atoms with Crippen LogP contribution in [0, 0.1) is 5.82 Å². The fraction of sp³-hybridized carbons (Fsp3) is 0.400. The molecule has 0 bridgehead atoms. The average Bonchev–Trinajstić information content (AvgIpc) is 3.30. The number of aromatic nitrogens is 1. The molecule has 1 aliphatic heterocycles. The van der Waals surface area contributed by atoms with Gasteiger partial charge in [0.1, 0.15) is 11.5 Å². The minimum absolute atomic E-state index is 0.0204. The van der Waals surface area contributed by atoms with Crippen molar-refractivity contribution in [2.45, 2.75) is 19.6 Å². The maximum Gasteiger partial charge on any atom is 0.417 e. The lowest BCUT2D eigenvalue weighted by atomic mass is 10.0. The Morgan fingerprint density at radius 3 is 2.38 bits per heavy atom. The van der Waals surface area contributed by atoms with E-state index in [0.717, 1.165) is 57.6 Å². The number of nitrogens with zero attached hydrogens (tertiary/aromatic N) is 4. The SMILES string of the molecule is CCN(CCN1CCN(c2ccc(F)cc2)CC1)Cc1cc(-c2ccccc2C(F)(F)F)no1. The van der Waals surface area contributed by atoms with Crippen LogP contribution >= 0.6 is 0 Å². The van der Waals surface area contributed by atoms with Crippen LogP contribution in [-0.4, -0.2) is 60.8 Å². The molecule has 0 amide bonds. The smallest absolute Gasteiger partial charge is 0.369 e. The summed E-state index contributed by atoms with van der Waals surface area (Å²) in [7, 11) is 0. The first-order chi connectivity index (χ1) is 16.3. The van der Waals surface area contributed by atoms with E-state index in [9.17, 15) is 17.6 Å². The van der Waals surface area contributed by atoms with Gasteiger partial charge in [-0.3, -0.25) is 9.80 Å². The highest BCUT2D eigenvalue weighted by Crippen LogP contribution is 2.36. The van der Waals surface area contributed by atoms with Crippen molar-refractivity contribution in [3.8, 4) is 11.3 Å². The molecule has 0 spiro atoms. The molecule has 3 aromatic rings. The number of hydrogen-bond acceptors (Lipinski definition) is 5. The molecule has 2 heterocycles. The molecule has 34 heavy (non-hydrogen) atoms. The summed E-state index contributed by atoms with van der Waals surface area (Å²) in [4.78, 5) is 6.82. The molecule has 1 aromatic heterocycles. The van der Waals surface area contributed by atoms with E-state index in [1.54, 1.807) is 12.1 Å². The Kier molecular flexibility index (Phi) is 7.53. The first-order valence-electron chi connectivity index (χ1n) is 11.4. The van der Waals surface area contributed by atoms with E-state index in [-0.39, 0.29) is 17.1 Å². The third-order valence-corrected chi connectivity index (χ3v) is 6.19. The normalized spacial score (nSPS) is 15.3. The summed E-state index contributed by atoms with van der Waals surface area (Å²) in [6, 6.07) is 13.6. The van der Waals surface area contributed by atoms with Gasteiger partial charge in [0.15, 0.2) is 5.76 Å². The largest absolute Gasteiger partial charge is 0.417 e. The zero-order valence-electron chi connectivity index (χ0n) is 19.1. The summed E-state index contributed by atoms with van der Waals surface area (Å²) in [6.45, 7) is 8.57. The lowest BCUT2D eigenvalue weighted by Gasteiger charge is -2.36. The van der Waals surface area contributed by atoms with Gasteiger partial charge >= 0.3 is 6.18 Å². The molecule has 1 aliphatic rings. The molecular formula is C25H28F4N4O. The summed E-state index contributed by atoms with van der Waals surface area (Å²) in [6.07, 6.45) is -4.45. The molecule has 182 valence electrons. The topological polar surface area (TPSA) is 35.8 Å². The number of hydrogen-bond donors (Lipinski definition) is 0. The Balaban J connectivity index is 1.30. The van der Waals surface area contributed by atoms with Crippen LogP contribution in [0.25, 0.3) is 11.3 Å². The zero-order chi connectivity index (χ0) is 24.1. The highest BCUT2D eigenvalue weighted by Gasteiger charge is 2.34. The van der Waals surface area contributed by atoms with E-state index >= 15 is 0 Å². The van der Waals surface area contributed by atoms with Crippen LogP contribution in [0.15, 0.2) is 59.1 Å². The predicted octanol–water partition coefficient (Wildman–Crippen LogP) is 5.14. The predicted molar refractivity (Wildman–Crippen MR) is 123 cm³/mol. The number of rotatable bonds is 8. The van der Waals surface area contributed by atoms with Crippen LogP contribution in [0.1, 0.15) is 18.2 Å². The number of alkyl halides is 3. The molecule has 1 fully saturated rings. The zero-order valence-corrected chi connectivity index (χ0v) is 19.1. The number of likely N-dealkylation sites (N-methyl/N-ethyl adjacent to an activating group) is 1. The number of halogens is 4. The molecule has 0 aliphatic carbocycles. The first-order valence-corrected chi connectivity index (χ1v) is 11.4. The van der Waals surface area contributed by atoms with Crippen molar-refractivity contribution < 1.29 is 22.1 Å². The van der Waals surface area contributed by atoms with E-state index in [4.69, 9.17) is 4.52 Å². The van der Waals surface area contributed by atoms with Gasteiger partial charge in [-0.05, 0) is 36.9 Å². The molecule has 1 saturated heterocycles. The molecule has 0 saturated carbocycles. The third kappa shape index (κ3) is 5.95. The van der Waals surface area contributed by atoms with Gasteiger partial charge in [0, 0.05) is 56.6 Å². The average molecular weight is 477 g/mol. The molecule has 9 heteroatoms. The standard InChI is InChI=1S/C25H28F4N4O/c1-2-31(11-12-32-13-15-33(16-14-32)20-9-7-19(26)8-10-20)18-21-17-24(30-34-21)22-5-3-4-6-23(22)25(27,28)29/h3-10,17H,2,11-16,18H2,1H3. The van der Waals surface area contributed by atoms with Crippen LogP contribution in [0.5, 0.6) is 0 Å². The van der Waals surface area contributed by atoms with E-state index in [1.807, 2.05) is 19.1 Å². The van der Waals surface area contributed by atoms with Crippen molar-refractivity contribution in [1.29, 1.82) is 0 Å². The molecule has 2 aromatic carbocycles. The van der Waals surface area contributed by atoms with Gasteiger partial charge in [0.05, 0.1) is 12.1 Å².